The molecule has 0 heterocycles. The molecule has 0 aliphatic heterocycles. The first-order chi connectivity index (χ1) is 3.80. The normalized spacial score (nSPS) is 6.73. The Labute approximate surface area is 109 Å². The highest BCUT2D eigenvalue weighted by Gasteiger charge is 1.86. The molecule has 1 aromatic rings. The number of hydrogen-bond donors (Lipinski definition) is 0. The van der Waals surface area contributed by atoms with E-state index in [-0.39, 0.29) is 50.9 Å². The van der Waals surface area contributed by atoms with Gasteiger partial charge in [0.2, 0.25) is 0 Å². The summed E-state index contributed by atoms with van der Waals surface area (Å²) in [5, 5.41) is 1.20. The Bertz CT molecular complexity index is 171. The Hall–Kier alpha value is 1.57. The largest absolute Gasteiger partial charge is 0.114 e. The van der Waals surface area contributed by atoms with E-state index in [0.29, 0.717) is 0 Å². The Morgan fingerprint density at radius 1 is 1.00 bits per heavy atom. The molecule has 0 fully saturated rings. The summed E-state index contributed by atoms with van der Waals surface area (Å²) in [6.45, 7) is 0. The molecule has 0 bridgehead atoms. The first-order valence-corrected chi connectivity index (χ1v) is 3.68. The van der Waals surface area contributed by atoms with E-state index >= 15 is 0 Å². The van der Waals surface area contributed by atoms with Gasteiger partial charge in [-0.25, -0.2) is 0 Å². The quantitative estimate of drug-likeness (QED) is 0.550. The summed E-state index contributed by atoms with van der Waals surface area (Å²) in [7, 11) is 2.64. The van der Waals surface area contributed by atoms with Gasteiger partial charge >= 0.3 is 0 Å². The van der Waals surface area contributed by atoms with Gasteiger partial charge in [-0.1, -0.05) is 34.1 Å². The van der Waals surface area contributed by atoms with Gasteiger partial charge in [0, 0.05) is 4.47 Å². The van der Waals surface area contributed by atoms with Gasteiger partial charge in [-0.2, -0.15) is 0 Å². The third-order valence-electron chi connectivity index (χ3n) is 0.905. The van der Waals surface area contributed by atoms with Crippen LogP contribution in [0.5, 0.6) is 0 Å². The molecule has 0 saturated carbocycles. The predicted octanol–water partition coefficient (Wildman–Crippen LogP) is 3.68. The van der Waals surface area contributed by atoms with Crippen LogP contribution >= 0.6 is 76.1 Å². The first-order valence-electron chi connectivity index (χ1n) is 2.31. The molecule has 0 aliphatic carbocycles. The molecule has 1 rings (SSSR count). The summed E-state index contributed by atoms with van der Waals surface area (Å²) in [6, 6.07) is 8.06. The number of rotatable bonds is 0. The Morgan fingerprint density at radius 3 is 1.73 bits per heavy atom. The second-order valence-electron chi connectivity index (χ2n) is 1.52. The van der Waals surface area contributed by atoms with Crippen molar-refractivity contribution in [1.82, 2.24) is 0 Å². The van der Waals surface area contributed by atoms with E-state index < -0.39 is 0 Å². The van der Waals surface area contributed by atoms with Crippen LogP contribution in [-0.2, 0) is 0 Å². The molecule has 0 radical (unpaired) electrons. The van der Waals surface area contributed by atoms with E-state index in [4.69, 9.17) is 0 Å². The fourth-order valence-corrected chi connectivity index (χ4v) is 0.967. The van der Waals surface area contributed by atoms with Gasteiger partial charge in [0.1, 0.15) is 0 Å². The van der Waals surface area contributed by atoms with Gasteiger partial charge in [0.15, 0.2) is 0 Å². The molecule has 66 valence electrons. The lowest BCUT2D eigenvalue weighted by atomic mass is 10.4. The van der Waals surface area contributed by atoms with Crippen LogP contribution in [0.15, 0.2) is 28.7 Å². The smallest absolute Gasteiger partial charge is 0.0246 e. The predicted molar refractivity (Wildman–Crippen MR) is 74.5 cm³/mol. The van der Waals surface area contributed by atoms with E-state index in [1.165, 1.54) is 5.30 Å². The minimum atomic E-state index is 0. The minimum Gasteiger partial charge on any atom is -0.114 e. The molecule has 5 heteroatoms. The molecule has 0 amide bonds. The molecule has 1 aromatic carbocycles. The van der Waals surface area contributed by atoms with Crippen molar-refractivity contribution in [3.8, 4) is 0 Å². The third-order valence-corrected chi connectivity index (χ3v) is 2.55. The molecular formula is C6H9Br4P. The van der Waals surface area contributed by atoms with Crippen molar-refractivity contribution in [3.05, 3.63) is 28.7 Å². The Balaban J connectivity index is -0.000000213. The fraction of sp³-hybridized carbons (Fsp3) is 0. The zero-order chi connectivity index (χ0) is 5.98. The van der Waals surface area contributed by atoms with Crippen LogP contribution < -0.4 is 5.30 Å². The maximum atomic E-state index is 3.37. The molecule has 0 spiro atoms. The van der Waals surface area contributed by atoms with Crippen LogP contribution in [0.1, 0.15) is 0 Å². The average molecular weight is 432 g/mol. The van der Waals surface area contributed by atoms with Crippen LogP contribution in [0.3, 0.4) is 0 Å². The lowest BCUT2D eigenvalue weighted by Crippen LogP contribution is -1.88. The van der Waals surface area contributed by atoms with Crippen LogP contribution in [0.4, 0.5) is 0 Å². The van der Waals surface area contributed by atoms with Crippen LogP contribution in [-0.4, -0.2) is 0 Å². The van der Waals surface area contributed by atoms with Gasteiger partial charge in [-0.05, 0) is 11.4 Å². The van der Waals surface area contributed by atoms with Gasteiger partial charge in [-0.3, -0.25) is 0 Å². The summed E-state index contributed by atoms with van der Waals surface area (Å²) in [5.41, 5.74) is 0. The standard InChI is InChI=1S/C6H6BrP.3BrH/c7-5-3-1-2-4-6(5)8;;;/h1-4H,8H2;3*1H. The molecule has 11 heavy (non-hydrogen) atoms. The second kappa shape index (κ2) is 9.66. The Morgan fingerprint density at radius 2 is 1.45 bits per heavy atom. The molecule has 0 saturated heterocycles. The van der Waals surface area contributed by atoms with E-state index in [1.54, 1.807) is 0 Å². The highest BCUT2D eigenvalue weighted by molar-refractivity contribution is 9.10. The molecule has 0 N–H and O–H groups in total. The number of hydrogen-bond acceptors (Lipinski definition) is 0. The van der Waals surface area contributed by atoms with E-state index in [2.05, 4.69) is 25.2 Å². The number of halogens is 4. The van der Waals surface area contributed by atoms with Gasteiger partial charge in [-0.15, -0.1) is 60.2 Å². The van der Waals surface area contributed by atoms with Crippen molar-refractivity contribution in [2.75, 3.05) is 0 Å². The maximum absolute atomic E-state index is 3.37. The monoisotopic (exact) mass is 428 g/mol. The third kappa shape index (κ3) is 6.71. The van der Waals surface area contributed by atoms with E-state index in [9.17, 15) is 0 Å². The fourth-order valence-electron chi connectivity index (χ4n) is 0.475. The minimum absolute atomic E-state index is 0. The maximum Gasteiger partial charge on any atom is 0.0246 e. The molecule has 1 unspecified atom stereocenters. The summed E-state index contributed by atoms with van der Waals surface area (Å²) in [6.07, 6.45) is 0. The topological polar surface area (TPSA) is 0 Å². The summed E-state index contributed by atoms with van der Waals surface area (Å²) in [4.78, 5) is 0. The highest BCUT2D eigenvalue weighted by Crippen LogP contribution is 2.07. The first kappa shape index (κ1) is 18.4. The van der Waals surface area contributed by atoms with Gasteiger partial charge in [0.25, 0.3) is 0 Å². The zero-order valence-electron chi connectivity index (χ0n) is 5.49. The summed E-state index contributed by atoms with van der Waals surface area (Å²) in [5.74, 6) is 0. The SMILES string of the molecule is Br.Br.Br.Pc1ccccc1Br. The Kier molecular flexibility index (Phi) is 16.1. The molecule has 0 nitrogen and oxygen atoms in total. The lowest BCUT2D eigenvalue weighted by molar-refractivity contribution is 1.72. The van der Waals surface area contributed by atoms with Crippen molar-refractivity contribution >= 4 is 81.4 Å². The molecule has 1 atom stereocenters. The molecule has 0 aromatic heterocycles. The molecule has 0 aliphatic rings. The van der Waals surface area contributed by atoms with Crippen molar-refractivity contribution < 1.29 is 0 Å². The van der Waals surface area contributed by atoms with Crippen LogP contribution in [0.25, 0.3) is 0 Å². The van der Waals surface area contributed by atoms with E-state index in [1.807, 2.05) is 24.3 Å². The van der Waals surface area contributed by atoms with Crippen molar-refractivity contribution in [2.45, 2.75) is 0 Å². The van der Waals surface area contributed by atoms with Crippen molar-refractivity contribution in [2.24, 2.45) is 0 Å². The van der Waals surface area contributed by atoms with Gasteiger partial charge < -0.3 is 0 Å². The average Bonchev–Trinajstić information content (AvgIpc) is 1.77. The van der Waals surface area contributed by atoms with Gasteiger partial charge in [0.05, 0.1) is 0 Å². The van der Waals surface area contributed by atoms with Crippen molar-refractivity contribution in [1.29, 1.82) is 0 Å². The number of benzene rings is 1. The summed E-state index contributed by atoms with van der Waals surface area (Å²) >= 11 is 3.37. The van der Waals surface area contributed by atoms with E-state index in [0.717, 1.165) is 4.47 Å². The lowest BCUT2D eigenvalue weighted by Gasteiger charge is -1.91. The highest BCUT2D eigenvalue weighted by atomic mass is 79.9. The zero-order valence-corrected chi connectivity index (χ0v) is 13.4. The summed E-state index contributed by atoms with van der Waals surface area (Å²) < 4.78 is 1.14. The van der Waals surface area contributed by atoms with Crippen LogP contribution in [0.2, 0.25) is 0 Å². The second-order valence-corrected chi connectivity index (χ2v) is 3.00. The van der Waals surface area contributed by atoms with Crippen LogP contribution in [0, 0.1) is 0 Å². The van der Waals surface area contributed by atoms with Crippen molar-refractivity contribution in [3.63, 3.8) is 0 Å². The molecular weight excluding hydrogens is 423 g/mol.